The molecule has 7 aromatic rings. The van der Waals surface area contributed by atoms with E-state index in [9.17, 15) is 0 Å². The smallest absolute Gasteiger partial charge is 0.164 e. The molecule has 0 aliphatic carbocycles. The number of aromatic nitrogens is 3. The summed E-state index contributed by atoms with van der Waals surface area (Å²) >= 11 is 0. The monoisotopic (exact) mass is 511 g/mol. The molecule has 3 heteroatoms. The molecule has 1 heterocycles. The van der Waals surface area contributed by atoms with E-state index in [0.29, 0.717) is 17.5 Å². The summed E-state index contributed by atoms with van der Waals surface area (Å²) < 4.78 is 0. The summed E-state index contributed by atoms with van der Waals surface area (Å²) in [6, 6.07) is 52.3. The lowest BCUT2D eigenvalue weighted by Gasteiger charge is -2.10. The summed E-state index contributed by atoms with van der Waals surface area (Å²) in [6.45, 7) is 0. The molecule has 0 aliphatic rings. The van der Waals surface area contributed by atoms with Crippen LogP contribution in [0.3, 0.4) is 0 Å². The van der Waals surface area contributed by atoms with Crippen molar-refractivity contribution in [2.75, 3.05) is 0 Å². The van der Waals surface area contributed by atoms with E-state index in [1.54, 1.807) is 0 Å². The maximum Gasteiger partial charge on any atom is 0.164 e. The summed E-state index contributed by atoms with van der Waals surface area (Å²) in [5.74, 6) is 1.97. The van der Waals surface area contributed by atoms with Crippen molar-refractivity contribution in [1.29, 1.82) is 0 Å². The zero-order valence-electron chi connectivity index (χ0n) is 21.8. The Morgan fingerprint density at radius 1 is 0.250 bits per heavy atom. The second-order valence-corrected chi connectivity index (χ2v) is 9.76. The number of hydrogen-bond acceptors (Lipinski definition) is 3. The molecule has 7 rings (SSSR count). The summed E-state index contributed by atoms with van der Waals surface area (Å²) in [6.07, 6.45) is 0. The molecule has 6 aromatic carbocycles. The van der Waals surface area contributed by atoms with Crippen molar-refractivity contribution in [2.24, 2.45) is 0 Å². The SMILES string of the molecule is c1ccc(-c2ccc(-c3nc(-c4ccccc4)nc(-c4ccc5ccc(-c6ccccc6)cc5c4)n3)cc2)cc1. The highest BCUT2D eigenvalue weighted by molar-refractivity contribution is 5.90. The van der Waals surface area contributed by atoms with Gasteiger partial charge in [0.2, 0.25) is 0 Å². The van der Waals surface area contributed by atoms with Gasteiger partial charge in [0.25, 0.3) is 0 Å². The van der Waals surface area contributed by atoms with Crippen LogP contribution in [-0.2, 0) is 0 Å². The van der Waals surface area contributed by atoms with Gasteiger partial charge in [-0.15, -0.1) is 0 Å². The zero-order chi connectivity index (χ0) is 26.7. The van der Waals surface area contributed by atoms with Gasteiger partial charge in [-0.25, -0.2) is 15.0 Å². The van der Waals surface area contributed by atoms with Crippen molar-refractivity contribution in [3.05, 3.63) is 152 Å². The summed E-state index contributed by atoms with van der Waals surface area (Å²) in [5.41, 5.74) is 7.59. The van der Waals surface area contributed by atoms with Gasteiger partial charge in [0.05, 0.1) is 0 Å². The molecular weight excluding hydrogens is 486 g/mol. The van der Waals surface area contributed by atoms with E-state index in [2.05, 4.69) is 109 Å². The largest absolute Gasteiger partial charge is 0.208 e. The second kappa shape index (κ2) is 10.4. The van der Waals surface area contributed by atoms with Crippen LogP contribution in [0.1, 0.15) is 0 Å². The van der Waals surface area contributed by atoms with Crippen molar-refractivity contribution in [1.82, 2.24) is 15.0 Å². The average Bonchev–Trinajstić information content (AvgIpc) is 3.05. The molecule has 3 nitrogen and oxygen atoms in total. The number of benzene rings is 6. The maximum atomic E-state index is 4.97. The fourth-order valence-electron chi connectivity index (χ4n) is 4.99. The van der Waals surface area contributed by atoms with Crippen LogP contribution in [0.5, 0.6) is 0 Å². The Kier molecular flexibility index (Phi) is 6.15. The predicted molar refractivity (Wildman–Crippen MR) is 165 cm³/mol. The minimum atomic E-state index is 0.654. The van der Waals surface area contributed by atoms with Gasteiger partial charge in [-0.1, -0.05) is 140 Å². The molecule has 0 fully saturated rings. The lowest BCUT2D eigenvalue weighted by atomic mass is 10.00. The van der Waals surface area contributed by atoms with Crippen LogP contribution in [0.4, 0.5) is 0 Å². The van der Waals surface area contributed by atoms with Crippen LogP contribution in [0, 0.1) is 0 Å². The molecule has 1 aromatic heterocycles. The van der Waals surface area contributed by atoms with E-state index >= 15 is 0 Å². The molecule has 188 valence electrons. The highest BCUT2D eigenvalue weighted by atomic mass is 15.0. The molecule has 0 bridgehead atoms. The molecule has 0 N–H and O–H groups in total. The van der Waals surface area contributed by atoms with Gasteiger partial charge in [-0.2, -0.15) is 0 Å². The first-order valence-electron chi connectivity index (χ1n) is 13.4. The number of hydrogen-bond donors (Lipinski definition) is 0. The predicted octanol–water partition coefficient (Wildman–Crippen LogP) is 9.36. The Balaban J connectivity index is 1.33. The zero-order valence-corrected chi connectivity index (χ0v) is 21.8. The molecule has 0 atom stereocenters. The molecule has 0 saturated carbocycles. The second-order valence-electron chi connectivity index (χ2n) is 9.76. The first kappa shape index (κ1) is 23.7. The molecule has 0 saturated heterocycles. The van der Waals surface area contributed by atoms with E-state index < -0.39 is 0 Å². The first-order chi connectivity index (χ1) is 19.8. The normalized spacial score (nSPS) is 11.0. The lowest BCUT2D eigenvalue weighted by molar-refractivity contribution is 1.07. The third kappa shape index (κ3) is 4.77. The van der Waals surface area contributed by atoms with Crippen molar-refractivity contribution < 1.29 is 0 Å². The number of nitrogens with zero attached hydrogens (tertiary/aromatic N) is 3. The molecule has 0 radical (unpaired) electrons. The topological polar surface area (TPSA) is 38.7 Å². The Labute approximate surface area is 233 Å². The van der Waals surface area contributed by atoms with Gasteiger partial charge in [0.15, 0.2) is 17.5 Å². The summed E-state index contributed by atoms with van der Waals surface area (Å²) in [5, 5.41) is 2.33. The van der Waals surface area contributed by atoms with Crippen molar-refractivity contribution in [3.8, 4) is 56.4 Å². The third-order valence-corrected chi connectivity index (χ3v) is 7.12. The quantitative estimate of drug-likeness (QED) is 0.231. The van der Waals surface area contributed by atoms with Crippen molar-refractivity contribution in [3.63, 3.8) is 0 Å². The average molecular weight is 512 g/mol. The van der Waals surface area contributed by atoms with E-state index in [4.69, 9.17) is 15.0 Å². The Morgan fingerprint density at radius 2 is 0.600 bits per heavy atom. The minimum absolute atomic E-state index is 0.654. The standard InChI is InChI=1S/C37H25N3/c1-4-10-26(11-5-1)28-16-20-31(21-17-28)36-38-35(30-14-8-3-9-15-30)39-37(40-36)33-23-19-29-18-22-32(24-34(29)25-33)27-12-6-2-7-13-27/h1-25H. The number of rotatable bonds is 5. The Hall–Kier alpha value is -5.41. The molecule has 40 heavy (non-hydrogen) atoms. The van der Waals surface area contributed by atoms with Gasteiger partial charge in [-0.05, 0) is 45.2 Å². The van der Waals surface area contributed by atoms with Crippen LogP contribution in [0.25, 0.3) is 67.2 Å². The molecule has 0 spiro atoms. The van der Waals surface area contributed by atoms with Crippen LogP contribution in [0.15, 0.2) is 152 Å². The van der Waals surface area contributed by atoms with Crippen LogP contribution < -0.4 is 0 Å². The van der Waals surface area contributed by atoms with E-state index in [0.717, 1.165) is 27.6 Å². The molecule has 0 amide bonds. The van der Waals surface area contributed by atoms with Gasteiger partial charge in [-0.3, -0.25) is 0 Å². The third-order valence-electron chi connectivity index (χ3n) is 7.12. The maximum absolute atomic E-state index is 4.97. The Bertz CT molecular complexity index is 1920. The van der Waals surface area contributed by atoms with Crippen molar-refractivity contribution >= 4 is 10.8 Å². The highest BCUT2D eigenvalue weighted by Gasteiger charge is 2.13. The fourth-order valence-corrected chi connectivity index (χ4v) is 4.99. The van der Waals surface area contributed by atoms with Gasteiger partial charge in [0.1, 0.15) is 0 Å². The summed E-state index contributed by atoms with van der Waals surface area (Å²) in [7, 11) is 0. The molecular formula is C37H25N3. The first-order valence-corrected chi connectivity index (χ1v) is 13.4. The van der Waals surface area contributed by atoms with Gasteiger partial charge < -0.3 is 0 Å². The highest BCUT2D eigenvalue weighted by Crippen LogP contribution is 2.30. The number of fused-ring (bicyclic) bond motifs is 1. The summed E-state index contributed by atoms with van der Waals surface area (Å²) in [4.78, 5) is 14.8. The van der Waals surface area contributed by atoms with Gasteiger partial charge >= 0.3 is 0 Å². The molecule has 0 unspecified atom stereocenters. The van der Waals surface area contributed by atoms with Crippen LogP contribution in [-0.4, -0.2) is 15.0 Å². The van der Waals surface area contributed by atoms with E-state index in [-0.39, 0.29) is 0 Å². The van der Waals surface area contributed by atoms with Gasteiger partial charge in [0, 0.05) is 16.7 Å². The minimum Gasteiger partial charge on any atom is -0.208 e. The van der Waals surface area contributed by atoms with E-state index in [1.807, 2.05) is 42.5 Å². The molecule has 0 aliphatic heterocycles. The fraction of sp³-hybridized carbons (Fsp3) is 0. The van der Waals surface area contributed by atoms with Crippen LogP contribution >= 0.6 is 0 Å². The van der Waals surface area contributed by atoms with E-state index in [1.165, 1.54) is 22.1 Å². The van der Waals surface area contributed by atoms with Crippen molar-refractivity contribution in [2.45, 2.75) is 0 Å². The Morgan fingerprint density at radius 3 is 1.18 bits per heavy atom. The lowest BCUT2D eigenvalue weighted by Crippen LogP contribution is -2.00. The van der Waals surface area contributed by atoms with Crippen LogP contribution in [0.2, 0.25) is 0 Å².